The van der Waals surface area contributed by atoms with Crippen LogP contribution in [-0.2, 0) is 0 Å². The molecule has 20 heavy (non-hydrogen) atoms. The first-order valence-electron chi connectivity index (χ1n) is 5.74. The van der Waals surface area contributed by atoms with E-state index in [9.17, 15) is 25.2 Å². The SMILES string of the molecule is O=C(/C=C/c1cc(O)ccc1O)c1cc(O)ccc1O. The van der Waals surface area contributed by atoms with E-state index in [0.29, 0.717) is 0 Å². The Bertz CT molecular complexity index is 689. The molecule has 0 saturated heterocycles. The van der Waals surface area contributed by atoms with E-state index in [4.69, 9.17) is 0 Å². The van der Waals surface area contributed by atoms with Crippen LogP contribution in [-0.4, -0.2) is 26.2 Å². The number of ketones is 1. The molecule has 2 aromatic carbocycles. The average Bonchev–Trinajstić information content (AvgIpc) is 2.42. The summed E-state index contributed by atoms with van der Waals surface area (Å²) in [5.74, 6) is -1.07. The van der Waals surface area contributed by atoms with Gasteiger partial charge in [0.25, 0.3) is 0 Å². The standard InChI is InChI=1S/C15H12O5/c16-10-2-5-13(18)9(7-10)1-4-14(19)12-8-11(17)3-6-15(12)20/h1-8,16-18,20H/b4-1+. The lowest BCUT2D eigenvalue weighted by atomic mass is 10.1. The molecule has 5 nitrogen and oxygen atoms in total. The first-order chi connectivity index (χ1) is 9.47. The Morgan fingerprint density at radius 3 is 2.15 bits per heavy atom. The lowest BCUT2D eigenvalue weighted by Crippen LogP contribution is -1.94. The van der Waals surface area contributed by atoms with E-state index in [1.165, 1.54) is 36.4 Å². The van der Waals surface area contributed by atoms with Gasteiger partial charge in [0.05, 0.1) is 5.56 Å². The van der Waals surface area contributed by atoms with Crippen molar-refractivity contribution in [1.82, 2.24) is 0 Å². The Morgan fingerprint density at radius 2 is 1.45 bits per heavy atom. The zero-order valence-electron chi connectivity index (χ0n) is 10.3. The van der Waals surface area contributed by atoms with Gasteiger partial charge in [0, 0.05) is 5.56 Å². The van der Waals surface area contributed by atoms with Gasteiger partial charge in [-0.25, -0.2) is 0 Å². The fraction of sp³-hybridized carbons (Fsp3) is 0. The van der Waals surface area contributed by atoms with E-state index >= 15 is 0 Å². The van der Waals surface area contributed by atoms with Gasteiger partial charge in [-0.1, -0.05) is 0 Å². The van der Waals surface area contributed by atoms with Gasteiger partial charge in [0.15, 0.2) is 5.78 Å². The topological polar surface area (TPSA) is 98.0 Å². The molecule has 0 spiro atoms. The summed E-state index contributed by atoms with van der Waals surface area (Å²) in [7, 11) is 0. The Kier molecular flexibility index (Phi) is 3.61. The van der Waals surface area contributed by atoms with Crippen LogP contribution in [0.3, 0.4) is 0 Å². The van der Waals surface area contributed by atoms with Gasteiger partial charge in [0.1, 0.15) is 23.0 Å². The summed E-state index contributed by atoms with van der Waals surface area (Å²) in [6, 6.07) is 7.52. The third-order valence-electron chi connectivity index (χ3n) is 2.67. The Hall–Kier alpha value is -2.95. The number of benzene rings is 2. The molecule has 2 aromatic rings. The van der Waals surface area contributed by atoms with Crippen molar-refractivity contribution in [3.05, 3.63) is 53.6 Å². The molecular formula is C15H12O5. The summed E-state index contributed by atoms with van der Waals surface area (Å²) in [5.41, 5.74) is 0.207. The molecule has 0 radical (unpaired) electrons. The van der Waals surface area contributed by atoms with Crippen LogP contribution < -0.4 is 0 Å². The Balaban J connectivity index is 2.29. The fourth-order valence-corrected chi connectivity index (χ4v) is 1.65. The molecule has 0 unspecified atom stereocenters. The zero-order chi connectivity index (χ0) is 14.7. The van der Waals surface area contributed by atoms with E-state index in [-0.39, 0.29) is 34.1 Å². The van der Waals surface area contributed by atoms with Crippen molar-refractivity contribution in [3.63, 3.8) is 0 Å². The highest BCUT2D eigenvalue weighted by atomic mass is 16.3. The van der Waals surface area contributed by atoms with Crippen LogP contribution in [0.1, 0.15) is 15.9 Å². The maximum absolute atomic E-state index is 11.9. The summed E-state index contributed by atoms with van der Waals surface area (Å²) < 4.78 is 0. The normalized spacial score (nSPS) is 10.8. The van der Waals surface area contributed by atoms with Crippen molar-refractivity contribution in [2.75, 3.05) is 0 Å². The van der Waals surface area contributed by atoms with Crippen molar-refractivity contribution in [2.24, 2.45) is 0 Å². The number of rotatable bonds is 3. The first-order valence-corrected chi connectivity index (χ1v) is 5.74. The molecule has 0 aromatic heterocycles. The van der Waals surface area contributed by atoms with E-state index in [1.807, 2.05) is 0 Å². The zero-order valence-corrected chi connectivity index (χ0v) is 10.3. The first kappa shape index (κ1) is 13.5. The minimum atomic E-state index is -0.541. The van der Waals surface area contributed by atoms with Crippen LogP contribution in [0.2, 0.25) is 0 Å². The number of phenols is 4. The summed E-state index contributed by atoms with van der Waals surface area (Å²) in [4.78, 5) is 11.9. The molecule has 0 aliphatic heterocycles. The molecule has 0 heterocycles. The van der Waals surface area contributed by atoms with Gasteiger partial charge in [0.2, 0.25) is 0 Å². The van der Waals surface area contributed by atoms with Crippen molar-refractivity contribution >= 4 is 11.9 Å². The number of aromatic hydroxyl groups is 4. The van der Waals surface area contributed by atoms with Crippen molar-refractivity contribution < 1.29 is 25.2 Å². The molecule has 0 atom stereocenters. The third kappa shape index (κ3) is 2.89. The summed E-state index contributed by atoms with van der Waals surface area (Å²) in [6.07, 6.45) is 2.43. The monoisotopic (exact) mass is 272 g/mol. The molecule has 5 heteroatoms. The molecule has 0 amide bonds. The van der Waals surface area contributed by atoms with E-state index in [1.54, 1.807) is 0 Å². The predicted octanol–water partition coefficient (Wildman–Crippen LogP) is 2.41. The summed E-state index contributed by atoms with van der Waals surface area (Å²) in [5, 5.41) is 37.7. The molecule has 0 saturated carbocycles. The van der Waals surface area contributed by atoms with Gasteiger partial charge in [-0.2, -0.15) is 0 Å². The second-order valence-corrected chi connectivity index (χ2v) is 4.14. The highest BCUT2D eigenvalue weighted by Crippen LogP contribution is 2.25. The van der Waals surface area contributed by atoms with Crippen LogP contribution in [0, 0.1) is 0 Å². The fourth-order valence-electron chi connectivity index (χ4n) is 1.65. The molecule has 0 aliphatic rings. The van der Waals surface area contributed by atoms with Crippen LogP contribution in [0.15, 0.2) is 42.5 Å². The average molecular weight is 272 g/mol. The number of carbonyl (C=O) groups is 1. The Labute approximate surface area is 114 Å². The number of carbonyl (C=O) groups excluding carboxylic acids is 1. The highest BCUT2D eigenvalue weighted by Gasteiger charge is 2.09. The number of hydrogen-bond donors (Lipinski definition) is 4. The lowest BCUT2D eigenvalue weighted by molar-refractivity contribution is 0.104. The number of allylic oxidation sites excluding steroid dienone is 1. The number of phenolic OH excluding ortho intramolecular Hbond substituents is 4. The molecule has 2 rings (SSSR count). The van der Waals surface area contributed by atoms with E-state index in [0.717, 1.165) is 12.1 Å². The van der Waals surface area contributed by atoms with Crippen LogP contribution in [0.5, 0.6) is 23.0 Å². The maximum atomic E-state index is 11.9. The van der Waals surface area contributed by atoms with Gasteiger partial charge < -0.3 is 20.4 Å². The number of hydrogen-bond acceptors (Lipinski definition) is 5. The minimum Gasteiger partial charge on any atom is -0.508 e. The molecule has 0 fully saturated rings. The lowest BCUT2D eigenvalue weighted by Gasteiger charge is -2.02. The highest BCUT2D eigenvalue weighted by molar-refractivity contribution is 6.08. The molecular weight excluding hydrogens is 260 g/mol. The van der Waals surface area contributed by atoms with Gasteiger partial charge in [-0.3, -0.25) is 4.79 Å². The van der Waals surface area contributed by atoms with E-state index in [2.05, 4.69) is 0 Å². The summed E-state index contributed by atoms with van der Waals surface area (Å²) in [6.45, 7) is 0. The van der Waals surface area contributed by atoms with E-state index < -0.39 is 5.78 Å². The molecule has 0 aliphatic carbocycles. The summed E-state index contributed by atoms with van der Waals surface area (Å²) >= 11 is 0. The quantitative estimate of drug-likeness (QED) is 0.391. The molecule has 4 N–H and O–H groups in total. The predicted molar refractivity (Wildman–Crippen MR) is 72.9 cm³/mol. The van der Waals surface area contributed by atoms with Gasteiger partial charge in [-0.05, 0) is 48.6 Å². The largest absolute Gasteiger partial charge is 0.508 e. The van der Waals surface area contributed by atoms with Crippen molar-refractivity contribution in [1.29, 1.82) is 0 Å². The van der Waals surface area contributed by atoms with Crippen molar-refractivity contribution in [3.8, 4) is 23.0 Å². The second kappa shape index (κ2) is 5.36. The van der Waals surface area contributed by atoms with Crippen LogP contribution in [0.25, 0.3) is 6.08 Å². The van der Waals surface area contributed by atoms with Crippen molar-refractivity contribution in [2.45, 2.75) is 0 Å². The van der Waals surface area contributed by atoms with Crippen LogP contribution >= 0.6 is 0 Å². The minimum absolute atomic E-state index is 0.0462. The second-order valence-electron chi connectivity index (χ2n) is 4.14. The molecule has 102 valence electrons. The maximum Gasteiger partial charge on any atom is 0.189 e. The smallest absolute Gasteiger partial charge is 0.189 e. The Morgan fingerprint density at radius 1 is 0.850 bits per heavy atom. The molecule has 0 bridgehead atoms. The van der Waals surface area contributed by atoms with Gasteiger partial charge in [-0.15, -0.1) is 0 Å². The van der Waals surface area contributed by atoms with Gasteiger partial charge >= 0.3 is 0 Å². The van der Waals surface area contributed by atoms with Crippen LogP contribution in [0.4, 0.5) is 0 Å². The third-order valence-corrected chi connectivity index (χ3v) is 2.67.